The standard InChI is InChI=1S/C16H12N2O3.C16H9NO2.C16H12O5.C16H10O4.C8H5NO.C8H6O2.CH4.H4N2.Na.2H2O/c19-15-13-7-2-1-6-12(13)14(17-18-15)9-10-4-3-5-11(8-10)16(20)21;17-9-10-4-3-5-11(8-10)14-15(18)12-6-1-2-7-13(12)16(14)19;17-14(12-6-1-2-7-13(12)16(20)21)9-10-4-3-5-11(8-10)15(18)19;17-14-11-6-1-2-7-12(11)15(18)13(14)9-4-3-5-10(8-9)16(19)20;9-5-7-2-1-3-8(4-7)6-10;9-8-7-4-2-1-3-6(7)5-10-8;;1-2;;;/h1-8H,9H2,(H,18,19)(H,20,21);1-8,14H;1-8H,9H2,(H,18,19)(H,20,21);1-8,13H,(H,19,20);1-4,6H;1-4H,5H2;1H4;1-2H2;;2*1H2/q;;;;;;;;+1;;/p-1. The number of esters is 1. The smallest absolute Gasteiger partial charge is 0.870 e. The fourth-order valence-electron chi connectivity index (χ4n) is 11.0. The average Bonchev–Trinajstić information content (AvgIpc) is 1.69. The zero-order valence-electron chi connectivity index (χ0n) is 56.0. The van der Waals surface area contributed by atoms with Crippen LogP contribution in [0.5, 0.6) is 0 Å². The van der Waals surface area contributed by atoms with Crippen LogP contribution < -0.4 is 46.8 Å². The third kappa shape index (κ3) is 21.6. The van der Waals surface area contributed by atoms with Crippen molar-refractivity contribution in [1.82, 2.24) is 10.2 Å². The first kappa shape index (κ1) is 85.9. The number of Topliss-reactive ketones (excluding diaryl/α,β-unsaturated/α-hetero) is 5. The number of rotatable bonds is 12. The summed E-state index contributed by atoms with van der Waals surface area (Å²) >= 11 is 0. The van der Waals surface area contributed by atoms with Crippen molar-refractivity contribution >= 4 is 75.8 Å². The molecular formula is C81H65N6NaO19. The van der Waals surface area contributed by atoms with Gasteiger partial charge in [0, 0.05) is 57.2 Å². The van der Waals surface area contributed by atoms with Gasteiger partial charge in [0.05, 0.1) is 62.2 Å². The van der Waals surface area contributed by atoms with Gasteiger partial charge in [-0.2, -0.15) is 15.6 Å². The summed E-state index contributed by atoms with van der Waals surface area (Å²) in [6, 6.07) is 70.0. The first-order chi connectivity index (χ1) is 49.7. The first-order valence-corrected chi connectivity index (χ1v) is 30.9. The molecule has 1 aromatic heterocycles. The molecule has 2 heterocycles. The Kier molecular flexibility index (Phi) is 32.9. The molecule has 3 aliphatic rings. The number of carbonyl (C=O) groups is 11. The number of fused-ring (bicyclic) bond motifs is 4. The number of cyclic esters (lactones) is 1. The molecule has 0 saturated carbocycles. The molecule has 0 atom stereocenters. The molecule has 26 heteroatoms. The number of hydrogen-bond acceptors (Lipinski definition) is 19. The second-order valence-electron chi connectivity index (χ2n) is 22.4. The molecule has 0 radical (unpaired) electrons. The van der Waals surface area contributed by atoms with Crippen molar-refractivity contribution in [3.63, 3.8) is 0 Å². The van der Waals surface area contributed by atoms with Gasteiger partial charge < -0.3 is 36.1 Å². The molecule has 0 unspecified atom stereocenters. The van der Waals surface area contributed by atoms with Gasteiger partial charge in [-0.3, -0.25) is 45.2 Å². The van der Waals surface area contributed by atoms with E-state index in [1.807, 2.05) is 48.5 Å². The number of nitrogens with one attached hydrogen (secondary N) is 1. The number of nitriles is 2. The van der Waals surface area contributed by atoms with E-state index in [1.165, 1.54) is 36.4 Å². The number of ketones is 5. The quantitative estimate of drug-likeness (QED) is 0.0115. The Labute approximate surface area is 632 Å². The zero-order chi connectivity index (χ0) is 74.3. The van der Waals surface area contributed by atoms with Gasteiger partial charge in [0.25, 0.3) is 5.56 Å². The summed E-state index contributed by atoms with van der Waals surface area (Å²) in [5, 5.41) is 61.2. The van der Waals surface area contributed by atoms with Crippen molar-refractivity contribution in [2.24, 2.45) is 11.7 Å². The van der Waals surface area contributed by atoms with E-state index in [0.717, 1.165) is 22.8 Å². The van der Waals surface area contributed by atoms with E-state index in [-0.39, 0.29) is 123 Å². The maximum absolute atomic E-state index is 12.3. The van der Waals surface area contributed by atoms with Crippen molar-refractivity contribution < 1.29 is 118 Å². The summed E-state index contributed by atoms with van der Waals surface area (Å²) in [7, 11) is 0. The first-order valence-electron chi connectivity index (χ1n) is 30.9. The number of hydrogen-bond donors (Lipinski definition) is 7. The predicted molar refractivity (Wildman–Crippen MR) is 386 cm³/mol. The average molecular weight is 1450 g/mol. The molecule has 25 nitrogen and oxygen atoms in total. The monoisotopic (exact) mass is 1450 g/mol. The van der Waals surface area contributed by atoms with E-state index in [2.05, 4.69) is 21.9 Å². The van der Waals surface area contributed by atoms with E-state index in [1.54, 1.807) is 170 Å². The Hall–Kier alpha value is -13.5. The summed E-state index contributed by atoms with van der Waals surface area (Å²) in [6.07, 6.45) is 1.13. The van der Waals surface area contributed by atoms with Crippen molar-refractivity contribution in [3.05, 3.63) is 359 Å². The Morgan fingerprint density at radius 3 is 1.39 bits per heavy atom. The third-order valence-electron chi connectivity index (χ3n) is 15.8. The number of carboxylic acids is 4. The van der Waals surface area contributed by atoms with Crippen LogP contribution in [0.3, 0.4) is 0 Å². The topological polar surface area (TPSA) is 485 Å². The van der Waals surface area contributed by atoms with Gasteiger partial charge in [-0.15, -0.1) is 0 Å². The van der Waals surface area contributed by atoms with Crippen LogP contribution in [0.25, 0.3) is 10.8 Å². The van der Waals surface area contributed by atoms with E-state index in [0.29, 0.717) is 85.3 Å². The number of carboxylic acid groups (broad SMARTS) is 4. The minimum Gasteiger partial charge on any atom is -0.870 e. The molecule has 2 aliphatic carbocycles. The number of nitrogens with zero attached hydrogens (tertiary/aromatic N) is 3. The molecule has 0 saturated heterocycles. The molecule has 0 amide bonds. The van der Waals surface area contributed by atoms with Crippen LogP contribution in [-0.4, -0.2) is 107 Å². The fourth-order valence-corrected chi connectivity index (χ4v) is 11.0. The van der Waals surface area contributed by atoms with E-state index in [9.17, 15) is 57.5 Å². The van der Waals surface area contributed by atoms with Gasteiger partial charge in [0.1, 0.15) is 24.7 Å². The molecule has 534 valence electrons. The van der Waals surface area contributed by atoms with Crippen LogP contribution >= 0.6 is 0 Å². The van der Waals surface area contributed by atoms with Crippen LogP contribution in [0.15, 0.2) is 247 Å². The normalized spacial score (nSPS) is 11.5. The third-order valence-corrected chi connectivity index (χ3v) is 15.8. The summed E-state index contributed by atoms with van der Waals surface area (Å²) < 4.78 is 4.78. The molecule has 10 aromatic carbocycles. The summed E-state index contributed by atoms with van der Waals surface area (Å²) in [5.41, 5.74) is 8.29. The number of ether oxygens (including phenoxy) is 1. The number of H-pyrrole nitrogens is 1. The zero-order valence-corrected chi connectivity index (χ0v) is 58.0. The molecule has 12 N–H and O–H groups in total. The van der Waals surface area contributed by atoms with Crippen LogP contribution in [0.1, 0.15) is 178 Å². The van der Waals surface area contributed by atoms with Gasteiger partial charge >= 0.3 is 59.4 Å². The Balaban J connectivity index is 0.000000273. The van der Waals surface area contributed by atoms with Gasteiger partial charge in [0.2, 0.25) is 0 Å². The maximum Gasteiger partial charge on any atom is 1.00 e. The number of benzene rings is 10. The Morgan fingerprint density at radius 2 is 0.897 bits per heavy atom. The van der Waals surface area contributed by atoms with Crippen molar-refractivity contribution in [2.45, 2.75) is 38.7 Å². The Bertz CT molecular complexity index is 5240. The predicted octanol–water partition coefficient (Wildman–Crippen LogP) is 8.17. The number of aldehydes is 1. The number of aromatic nitrogens is 2. The number of carbonyl (C=O) groups excluding carboxylic acids is 7. The second kappa shape index (κ2) is 41.0. The summed E-state index contributed by atoms with van der Waals surface area (Å²) in [4.78, 5) is 138. The van der Waals surface area contributed by atoms with Crippen LogP contribution in [0, 0.1) is 22.7 Å². The summed E-state index contributed by atoms with van der Waals surface area (Å²) in [6.45, 7) is 0.439. The second-order valence-corrected chi connectivity index (χ2v) is 22.4. The molecule has 0 fully saturated rings. The van der Waals surface area contributed by atoms with Crippen molar-refractivity contribution in [2.75, 3.05) is 0 Å². The number of nitrogens with two attached hydrogens (primary N) is 2. The van der Waals surface area contributed by atoms with Crippen LogP contribution in [-0.2, 0) is 24.2 Å². The van der Waals surface area contributed by atoms with Gasteiger partial charge in [-0.25, -0.2) is 29.1 Å². The summed E-state index contributed by atoms with van der Waals surface area (Å²) in [5.74, 6) is 0.517. The molecule has 14 rings (SSSR count). The fraction of sp³-hybridized carbons (Fsp3) is 0.0741. The van der Waals surface area contributed by atoms with Gasteiger partial charge in [0.15, 0.2) is 28.9 Å². The minimum atomic E-state index is -1.17. The molecule has 0 bridgehead atoms. The van der Waals surface area contributed by atoms with E-state index in [4.69, 9.17) is 35.7 Å². The van der Waals surface area contributed by atoms with E-state index < -0.39 is 35.7 Å². The number of aromatic carboxylic acids is 4. The molecule has 1 aliphatic heterocycles. The molecule has 11 aromatic rings. The van der Waals surface area contributed by atoms with Gasteiger partial charge in [-0.05, 0) is 101 Å². The molecule has 0 spiro atoms. The number of hydrazine groups is 1. The minimum absolute atomic E-state index is 0. The maximum atomic E-state index is 12.3. The largest absolute Gasteiger partial charge is 1.00 e. The Morgan fingerprint density at radius 1 is 0.486 bits per heavy atom. The number of aromatic amines is 1. The van der Waals surface area contributed by atoms with E-state index >= 15 is 0 Å². The van der Waals surface area contributed by atoms with Crippen LogP contribution in [0.2, 0.25) is 0 Å². The van der Waals surface area contributed by atoms with Gasteiger partial charge in [-0.1, -0.05) is 171 Å². The van der Waals surface area contributed by atoms with Crippen molar-refractivity contribution in [3.8, 4) is 12.1 Å². The molecule has 107 heavy (non-hydrogen) atoms. The van der Waals surface area contributed by atoms with Crippen LogP contribution in [0.4, 0.5) is 0 Å². The SMILES string of the molecule is C.N#Cc1cccc(C2C(=O)c3ccccc3C2=O)c1.N#Cc1cccc(C=O)c1.NN.O.O=C(O)c1cccc(C2C(=O)c3ccccc3C2=O)c1.O=C(O)c1cccc(CC(=O)c2ccccc2C(=O)O)c1.O=C(O)c1cccc(Cc2n[nH]c(=O)c3ccccc23)c1.O=C1OCc2ccccc21.[Na+].[OH-]. The van der Waals surface area contributed by atoms with Crippen molar-refractivity contribution in [1.29, 1.82) is 10.5 Å². The molecular weight excluding hydrogens is 1380 g/mol.